The average Bonchev–Trinajstić information content (AvgIpc) is 2.27. The normalized spacial score (nSPS) is 18.3. The molecule has 2 rings (SSSR count). The van der Waals surface area contributed by atoms with Gasteiger partial charge in [0, 0.05) is 5.54 Å². The quantitative estimate of drug-likeness (QED) is 0.869. The lowest BCUT2D eigenvalue weighted by Crippen LogP contribution is -2.37. The number of hydrogen-bond acceptors (Lipinski definition) is 6. The molecule has 1 aromatic rings. The molecule has 1 aromatic heterocycles. The van der Waals surface area contributed by atoms with Crippen molar-refractivity contribution in [1.82, 2.24) is 15.0 Å². The van der Waals surface area contributed by atoms with Gasteiger partial charge in [-0.05, 0) is 33.6 Å². The van der Waals surface area contributed by atoms with Crippen LogP contribution < -0.4 is 15.8 Å². The zero-order valence-corrected chi connectivity index (χ0v) is 11.9. The zero-order valence-electron chi connectivity index (χ0n) is 11.9. The van der Waals surface area contributed by atoms with E-state index in [9.17, 15) is 0 Å². The van der Waals surface area contributed by atoms with Gasteiger partial charge < -0.3 is 15.8 Å². The molecular weight excluding hydrogens is 242 g/mol. The highest BCUT2D eigenvalue weighted by atomic mass is 16.5. The molecular formula is C13H23N5O. The summed E-state index contributed by atoms with van der Waals surface area (Å²) in [6, 6.07) is 0.282. The molecule has 106 valence electrons. The second kappa shape index (κ2) is 5.59. The molecule has 6 heteroatoms. The van der Waals surface area contributed by atoms with E-state index in [0.717, 1.165) is 12.8 Å². The number of ether oxygens (including phenoxy) is 1. The number of nitrogens with two attached hydrogens (primary N) is 1. The van der Waals surface area contributed by atoms with E-state index in [1.54, 1.807) is 0 Å². The Balaban J connectivity index is 2.12. The van der Waals surface area contributed by atoms with Gasteiger partial charge >= 0.3 is 6.01 Å². The number of nitrogen functional groups attached to an aromatic ring is 1. The van der Waals surface area contributed by atoms with E-state index >= 15 is 0 Å². The van der Waals surface area contributed by atoms with Gasteiger partial charge in [-0.25, -0.2) is 0 Å². The third kappa shape index (κ3) is 3.94. The Morgan fingerprint density at radius 3 is 2.47 bits per heavy atom. The molecule has 0 saturated heterocycles. The van der Waals surface area contributed by atoms with Crippen molar-refractivity contribution in [3.05, 3.63) is 0 Å². The minimum Gasteiger partial charge on any atom is -0.461 e. The van der Waals surface area contributed by atoms with Gasteiger partial charge in [0.1, 0.15) is 0 Å². The van der Waals surface area contributed by atoms with Gasteiger partial charge in [0.2, 0.25) is 11.9 Å². The minimum absolute atomic E-state index is 0.0138. The van der Waals surface area contributed by atoms with Crippen LogP contribution in [0, 0.1) is 0 Å². The number of nitrogens with zero attached hydrogens (tertiary/aromatic N) is 3. The van der Waals surface area contributed by atoms with Crippen LogP contribution in [0.25, 0.3) is 0 Å². The molecule has 0 aliphatic heterocycles. The molecule has 1 saturated carbocycles. The monoisotopic (exact) mass is 265 g/mol. The van der Waals surface area contributed by atoms with Crippen molar-refractivity contribution in [3.63, 3.8) is 0 Å². The van der Waals surface area contributed by atoms with Gasteiger partial charge in [-0.15, -0.1) is 0 Å². The van der Waals surface area contributed by atoms with E-state index in [4.69, 9.17) is 10.5 Å². The van der Waals surface area contributed by atoms with Gasteiger partial charge in [-0.3, -0.25) is 0 Å². The fraction of sp³-hybridized carbons (Fsp3) is 0.769. The van der Waals surface area contributed by atoms with Crippen molar-refractivity contribution >= 4 is 11.9 Å². The van der Waals surface area contributed by atoms with Crippen LogP contribution in [0.3, 0.4) is 0 Å². The first-order valence-electron chi connectivity index (χ1n) is 6.93. The first-order chi connectivity index (χ1) is 8.97. The second-order valence-electron chi connectivity index (χ2n) is 5.71. The van der Waals surface area contributed by atoms with Crippen LogP contribution in [-0.4, -0.2) is 26.6 Å². The molecule has 0 bridgehead atoms. The first-order valence-corrected chi connectivity index (χ1v) is 6.93. The highest BCUT2D eigenvalue weighted by Crippen LogP contribution is 2.30. The maximum absolute atomic E-state index is 5.70. The zero-order chi connectivity index (χ0) is 13.9. The molecule has 0 radical (unpaired) electrons. The van der Waals surface area contributed by atoms with Gasteiger partial charge in [-0.1, -0.05) is 19.3 Å². The van der Waals surface area contributed by atoms with Crippen molar-refractivity contribution in [2.24, 2.45) is 0 Å². The van der Waals surface area contributed by atoms with Gasteiger partial charge in [-0.2, -0.15) is 15.0 Å². The maximum atomic E-state index is 5.70. The summed E-state index contributed by atoms with van der Waals surface area (Å²) in [5, 5.41) is 3.39. The molecule has 6 nitrogen and oxygen atoms in total. The van der Waals surface area contributed by atoms with Crippen molar-refractivity contribution in [1.29, 1.82) is 0 Å². The van der Waals surface area contributed by atoms with Crippen LogP contribution >= 0.6 is 0 Å². The van der Waals surface area contributed by atoms with E-state index in [0.29, 0.717) is 5.95 Å². The molecule has 0 spiro atoms. The van der Waals surface area contributed by atoms with E-state index in [-0.39, 0.29) is 23.6 Å². The summed E-state index contributed by atoms with van der Waals surface area (Å²) in [5.41, 5.74) is 5.74. The predicted molar refractivity (Wildman–Crippen MR) is 75.1 cm³/mol. The number of aromatic nitrogens is 3. The third-order valence-corrected chi connectivity index (χ3v) is 3.34. The minimum atomic E-state index is 0.0138. The molecule has 0 aromatic carbocycles. The first kappa shape index (κ1) is 13.8. The molecule has 0 amide bonds. The molecule has 1 aliphatic carbocycles. The van der Waals surface area contributed by atoms with Crippen molar-refractivity contribution < 1.29 is 4.74 Å². The molecule has 19 heavy (non-hydrogen) atoms. The van der Waals surface area contributed by atoms with E-state index in [1.807, 2.05) is 13.8 Å². The summed E-state index contributed by atoms with van der Waals surface area (Å²) in [4.78, 5) is 12.4. The fourth-order valence-electron chi connectivity index (χ4n) is 2.42. The highest BCUT2D eigenvalue weighted by molar-refractivity contribution is 5.35. The summed E-state index contributed by atoms with van der Waals surface area (Å²) >= 11 is 0. The Morgan fingerprint density at radius 1 is 1.16 bits per heavy atom. The van der Waals surface area contributed by atoms with E-state index in [2.05, 4.69) is 27.2 Å². The topological polar surface area (TPSA) is 86.0 Å². The number of hydrogen-bond donors (Lipinski definition) is 2. The lowest BCUT2D eigenvalue weighted by Gasteiger charge is -2.34. The van der Waals surface area contributed by atoms with Crippen molar-refractivity contribution in [3.8, 4) is 6.01 Å². The Hall–Kier alpha value is -1.59. The standard InChI is InChI=1S/C13H23N5O/c1-9(2)19-12-16-10(14)15-11(17-12)18-13(3)7-5-4-6-8-13/h9H,4-8H2,1-3H3,(H3,14,15,16,17,18). The summed E-state index contributed by atoms with van der Waals surface area (Å²) < 4.78 is 5.48. The molecule has 1 aliphatic rings. The molecule has 1 fully saturated rings. The Bertz CT molecular complexity index is 429. The number of nitrogens with one attached hydrogen (secondary N) is 1. The van der Waals surface area contributed by atoms with Crippen LogP contribution in [0.2, 0.25) is 0 Å². The van der Waals surface area contributed by atoms with Gasteiger partial charge in [0.15, 0.2) is 0 Å². The van der Waals surface area contributed by atoms with Crippen LogP contribution in [-0.2, 0) is 0 Å². The lowest BCUT2D eigenvalue weighted by molar-refractivity contribution is 0.222. The smallest absolute Gasteiger partial charge is 0.323 e. The van der Waals surface area contributed by atoms with Crippen molar-refractivity contribution in [2.45, 2.75) is 64.5 Å². The molecule has 0 atom stereocenters. The van der Waals surface area contributed by atoms with Crippen molar-refractivity contribution in [2.75, 3.05) is 11.1 Å². The number of anilines is 2. The van der Waals surface area contributed by atoms with E-state index in [1.165, 1.54) is 19.3 Å². The second-order valence-corrected chi connectivity index (χ2v) is 5.71. The Kier molecular flexibility index (Phi) is 4.07. The summed E-state index contributed by atoms with van der Waals surface area (Å²) in [6.07, 6.45) is 6.04. The third-order valence-electron chi connectivity index (χ3n) is 3.34. The molecule has 0 unspecified atom stereocenters. The summed E-state index contributed by atoms with van der Waals surface area (Å²) in [6.45, 7) is 6.06. The summed E-state index contributed by atoms with van der Waals surface area (Å²) in [5.74, 6) is 0.695. The largest absolute Gasteiger partial charge is 0.461 e. The average molecular weight is 265 g/mol. The van der Waals surface area contributed by atoms with Crippen LogP contribution in [0.1, 0.15) is 52.9 Å². The number of rotatable bonds is 4. The van der Waals surface area contributed by atoms with Gasteiger partial charge in [0.05, 0.1) is 6.10 Å². The van der Waals surface area contributed by atoms with Gasteiger partial charge in [0.25, 0.3) is 0 Å². The SMILES string of the molecule is CC(C)Oc1nc(N)nc(NC2(C)CCCCC2)n1. The molecule has 3 N–H and O–H groups in total. The lowest BCUT2D eigenvalue weighted by atomic mass is 9.83. The summed E-state index contributed by atoms with van der Waals surface area (Å²) in [7, 11) is 0. The maximum Gasteiger partial charge on any atom is 0.323 e. The fourth-order valence-corrected chi connectivity index (χ4v) is 2.42. The Morgan fingerprint density at radius 2 is 1.84 bits per heavy atom. The molecule has 1 heterocycles. The Labute approximate surface area is 114 Å². The highest BCUT2D eigenvalue weighted by Gasteiger charge is 2.27. The van der Waals surface area contributed by atoms with Crippen LogP contribution in [0.4, 0.5) is 11.9 Å². The predicted octanol–water partition coefficient (Wildman–Crippen LogP) is 2.38. The van der Waals surface area contributed by atoms with E-state index < -0.39 is 0 Å². The van der Waals surface area contributed by atoms with Crippen LogP contribution in [0.5, 0.6) is 6.01 Å². The van der Waals surface area contributed by atoms with Crippen LogP contribution in [0.15, 0.2) is 0 Å².